The molecular formula is C21H21N5O3. The van der Waals surface area contributed by atoms with Gasteiger partial charge in [-0.15, -0.1) is 0 Å². The monoisotopic (exact) mass is 391 g/mol. The molecule has 0 atom stereocenters. The number of nitrogens with one attached hydrogen (secondary N) is 1. The van der Waals surface area contributed by atoms with E-state index in [0.29, 0.717) is 33.8 Å². The topological polar surface area (TPSA) is 95.1 Å². The Hall–Kier alpha value is -3.26. The van der Waals surface area contributed by atoms with Crippen LogP contribution >= 0.6 is 0 Å². The highest BCUT2D eigenvalue weighted by atomic mass is 16.5. The number of methoxy groups -OCH3 is 1. The van der Waals surface area contributed by atoms with Gasteiger partial charge in [-0.2, -0.15) is 5.10 Å². The molecule has 1 aliphatic heterocycles. The van der Waals surface area contributed by atoms with Crippen molar-refractivity contribution in [3.63, 3.8) is 0 Å². The van der Waals surface area contributed by atoms with Crippen LogP contribution in [0.1, 0.15) is 24.8 Å². The molecule has 4 aromatic rings. The molecule has 29 heavy (non-hydrogen) atoms. The highest BCUT2D eigenvalue weighted by Crippen LogP contribution is 2.34. The van der Waals surface area contributed by atoms with Crippen LogP contribution in [0, 0.1) is 6.92 Å². The van der Waals surface area contributed by atoms with E-state index >= 15 is 0 Å². The first kappa shape index (κ1) is 17.8. The lowest BCUT2D eigenvalue weighted by molar-refractivity contribution is 0.333. The summed E-state index contributed by atoms with van der Waals surface area (Å²) in [5.74, 6) is 1.24. The van der Waals surface area contributed by atoms with E-state index in [4.69, 9.17) is 9.15 Å². The minimum absolute atomic E-state index is 0.0956. The number of pyridine rings is 1. The predicted molar refractivity (Wildman–Crippen MR) is 109 cm³/mol. The minimum atomic E-state index is -0.0956. The lowest BCUT2D eigenvalue weighted by Gasteiger charge is -2.23. The highest BCUT2D eigenvalue weighted by Gasteiger charge is 2.19. The van der Waals surface area contributed by atoms with Crippen LogP contribution in [0.3, 0.4) is 0 Å². The Morgan fingerprint density at radius 1 is 1.17 bits per heavy atom. The van der Waals surface area contributed by atoms with Gasteiger partial charge in [-0.05, 0) is 44.1 Å². The number of hydrogen-bond donors (Lipinski definition) is 1. The van der Waals surface area contributed by atoms with Crippen LogP contribution in [-0.2, 0) is 0 Å². The van der Waals surface area contributed by atoms with Gasteiger partial charge in [0, 0.05) is 18.6 Å². The number of nitrogens with zero attached hydrogens (tertiary/aromatic N) is 4. The van der Waals surface area contributed by atoms with Crippen LogP contribution in [-0.4, -0.2) is 39.9 Å². The summed E-state index contributed by atoms with van der Waals surface area (Å²) in [5, 5.41) is 8.29. The highest BCUT2D eigenvalue weighted by molar-refractivity contribution is 5.86. The molecule has 8 heteroatoms. The molecule has 0 spiro atoms. The van der Waals surface area contributed by atoms with Gasteiger partial charge in [0.1, 0.15) is 11.3 Å². The zero-order valence-electron chi connectivity index (χ0n) is 16.3. The second-order valence-electron chi connectivity index (χ2n) is 7.26. The Bertz CT molecular complexity index is 1270. The second kappa shape index (κ2) is 6.97. The minimum Gasteiger partial charge on any atom is -0.496 e. The maximum atomic E-state index is 13.0. The molecule has 8 nitrogen and oxygen atoms in total. The number of piperidine rings is 1. The van der Waals surface area contributed by atoms with Gasteiger partial charge in [0.15, 0.2) is 11.5 Å². The summed E-state index contributed by atoms with van der Waals surface area (Å²) >= 11 is 0. The fourth-order valence-corrected chi connectivity index (χ4v) is 3.95. The van der Waals surface area contributed by atoms with E-state index < -0.39 is 0 Å². The number of hydrogen-bond acceptors (Lipinski definition) is 7. The fourth-order valence-electron chi connectivity index (χ4n) is 3.95. The van der Waals surface area contributed by atoms with Gasteiger partial charge < -0.3 is 14.5 Å². The molecule has 1 saturated heterocycles. The van der Waals surface area contributed by atoms with Crippen molar-refractivity contribution >= 4 is 22.0 Å². The van der Waals surface area contributed by atoms with Crippen molar-refractivity contribution in [1.29, 1.82) is 0 Å². The van der Waals surface area contributed by atoms with Crippen LogP contribution in [0.5, 0.6) is 5.75 Å². The average Bonchev–Trinajstić information content (AvgIpc) is 3.12. The molecule has 1 aliphatic rings. The Morgan fingerprint density at radius 2 is 2.00 bits per heavy atom. The van der Waals surface area contributed by atoms with Crippen LogP contribution in [0.15, 0.2) is 39.7 Å². The summed E-state index contributed by atoms with van der Waals surface area (Å²) in [6.45, 7) is 3.61. The van der Waals surface area contributed by atoms with Gasteiger partial charge in [0.2, 0.25) is 0 Å². The summed E-state index contributed by atoms with van der Waals surface area (Å²) in [6.07, 6.45) is 3.47. The Labute approximate surface area is 166 Å². The lowest BCUT2D eigenvalue weighted by Crippen LogP contribution is -2.35. The largest absolute Gasteiger partial charge is 0.496 e. The average molecular weight is 391 g/mol. The number of rotatable bonds is 3. The molecule has 3 aromatic heterocycles. The maximum Gasteiger partial charge on any atom is 0.276 e. The summed E-state index contributed by atoms with van der Waals surface area (Å²) in [6, 6.07) is 7.48. The molecule has 0 bridgehead atoms. The van der Waals surface area contributed by atoms with Gasteiger partial charge >= 0.3 is 0 Å². The van der Waals surface area contributed by atoms with Crippen LogP contribution in [0.4, 0.5) is 0 Å². The first-order chi connectivity index (χ1) is 14.1. The lowest BCUT2D eigenvalue weighted by atomic mass is 10.1. The van der Waals surface area contributed by atoms with Crippen LogP contribution in [0.25, 0.3) is 33.3 Å². The van der Waals surface area contributed by atoms with E-state index in [0.717, 1.165) is 37.0 Å². The van der Waals surface area contributed by atoms with Gasteiger partial charge in [0.05, 0.1) is 35.9 Å². The first-order valence-electron chi connectivity index (χ1n) is 9.69. The van der Waals surface area contributed by atoms with Crippen molar-refractivity contribution < 1.29 is 9.15 Å². The van der Waals surface area contributed by atoms with E-state index in [1.54, 1.807) is 24.9 Å². The molecular weight excluding hydrogens is 370 g/mol. The molecule has 1 fully saturated rings. The zero-order valence-corrected chi connectivity index (χ0v) is 16.3. The standard InChI is InChI=1S/C21H21N5O3/c1-12-24-17-10-19(28-2)15(9-20(17)29-12)16-4-3-14-18(25-16)11-23-26(21(14)27)13-5-7-22-8-6-13/h3-4,9-11,13,22H,5-8H2,1-2H3. The number of aromatic nitrogens is 4. The molecule has 5 rings (SSSR count). The predicted octanol–water partition coefficient (Wildman–Crippen LogP) is 2.84. The number of ether oxygens (including phenoxy) is 1. The SMILES string of the molecule is COc1cc2nc(C)oc2cc1-c1ccc2c(=O)n(C3CCNCC3)ncc2n1. The summed E-state index contributed by atoms with van der Waals surface area (Å²) in [7, 11) is 1.61. The molecule has 0 aliphatic carbocycles. The van der Waals surface area contributed by atoms with Crippen LogP contribution < -0.4 is 15.6 Å². The molecule has 0 saturated carbocycles. The smallest absolute Gasteiger partial charge is 0.276 e. The van der Waals surface area contributed by atoms with E-state index in [1.165, 1.54) is 0 Å². The molecule has 4 heterocycles. The molecule has 1 aromatic carbocycles. The Balaban J connectivity index is 1.62. The van der Waals surface area contributed by atoms with Crippen LogP contribution in [0.2, 0.25) is 0 Å². The number of oxazole rings is 1. The third-order valence-corrected chi connectivity index (χ3v) is 5.41. The van der Waals surface area contributed by atoms with Gasteiger partial charge in [-0.1, -0.05) is 0 Å². The Kier molecular flexibility index (Phi) is 4.28. The normalized spacial score (nSPS) is 15.2. The van der Waals surface area contributed by atoms with E-state index in [1.807, 2.05) is 24.3 Å². The third-order valence-electron chi connectivity index (χ3n) is 5.41. The van der Waals surface area contributed by atoms with Gasteiger partial charge in [-0.25, -0.2) is 14.6 Å². The second-order valence-corrected chi connectivity index (χ2v) is 7.26. The maximum absolute atomic E-state index is 13.0. The summed E-state index contributed by atoms with van der Waals surface area (Å²) in [4.78, 5) is 22.0. The van der Waals surface area contributed by atoms with Gasteiger partial charge in [0.25, 0.3) is 5.56 Å². The number of benzene rings is 1. The van der Waals surface area contributed by atoms with Crippen molar-refractivity contribution in [3.05, 3.63) is 46.7 Å². The zero-order chi connectivity index (χ0) is 20.0. The molecule has 0 radical (unpaired) electrons. The van der Waals surface area contributed by atoms with E-state index in [9.17, 15) is 4.79 Å². The van der Waals surface area contributed by atoms with Crippen molar-refractivity contribution in [3.8, 4) is 17.0 Å². The molecule has 0 unspecified atom stereocenters. The van der Waals surface area contributed by atoms with E-state index in [2.05, 4.69) is 20.4 Å². The van der Waals surface area contributed by atoms with Crippen molar-refractivity contribution in [1.82, 2.24) is 25.1 Å². The van der Waals surface area contributed by atoms with E-state index in [-0.39, 0.29) is 11.6 Å². The third kappa shape index (κ3) is 3.05. The number of fused-ring (bicyclic) bond motifs is 2. The fraction of sp³-hybridized carbons (Fsp3) is 0.333. The molecule has 0 amide bonds. The Morgan fingerprint density at radius 3 is 2.79 bits per heavy atom. The molecule has 1 N–H and O–H groups in total. The summed E-state index contributed by atoms with van der Waals surface area (Å²) in [5.41, 5.74) is 3.33. The molecule has 148 valence electrons. The number of aryl methyl sites for hydroxylation is 1. The van der Waals surface area contributed by atoms with Crippen molar-refractivity contribution in [2.75, 3.05) is 20.2 Å². The van der Waals surface area contributed by atoms with Crippen molar-refractivity contribution in [2.45, 2.75) is 25.8 Å². The van der Waals surface area contributed by atoms with Crippen molar-refractivity contribution in [2.24, 2.45) is 0 Å². The quantitative estimate of drug-likeness (QED) is 0.574. The van der Waals surface area contributed by atoms with Gasteiger partial charge in [-0.3, -0.25) is 4.79 Å². The summed E-state index contributed by atoms with van der Waals surface area (Å²) < 4.78 is 12.8. The first-order valence-corrected chi connectivity index (χ1v) is 9.69.